The molecule has 1 amide bonds. The van der Waals surface area contributed by atoms with E-state index in [0.717, 1.165) is 18.4 Å². The molecule has 0 aliphatic carbocycles. The van der Waals surface area contributed by atoms with Crippen LogP contribution in [0.3, 0.4) is 0 Å². The van der Waals surface area contributed by atoms with Crippen LogP contribution < -0.4 is 11.0 Å². The topological polar surface area (TPSA) is 94.7 Å². The lowest BCUT2D eigenvalue weighted by Gasteiger charge is -2.21. The molecular formula is C21H24N4O4S. The van der Waals surface area contributed by atoms with Gasteiger partial charge in [-0.2, -0.15) is 0 Å². The van der Waals surface area contributed by atoms with E-state index in [4.69, 9.17) is 4.74 Å². The summed E-state index contributed by atoms with van der Waals surface area (Å²) in [6.07, 6.45) is 3.43. The van der Waals surface area contributed by atoms with Gasteiger partial charge in [-0.05, 0) is 42.7 Å². The molecule has 1 aliphatic heterocycles. The Hall–Kier alpha value is -2.78. The third kappa shape index (κ3) is 4.85. The molecule has 4 rings (SSSR count). The van der Waals surface area contributed by atoms with Crippen LogP contribution in [0.4, 0.5) is 5.69 Å². The Morgan fingerprint density at radius 3 is 2.83 bits per heavy atom. The van der Waals surface area contributed by atoms with E-state index in [2.05, 4.69) is 10.4 Å². The summed E-state index contributed by atoms with van der Waals surface area (Å²) in [5.41, 5.74) is 1.86. The molecule has 1 saturated heterocycles. The molecule has 9 heteroatoms. The second-order valence-electron chi connectivity index (χ2n) is 7.27. The van der Waals surface area contributed by atoms with Gasteiger partial charge in [-0.15, -0.1) is 5.10 Å². The average molecular weight is 429 g/mol. The highest BCUT2D eigenvalue weighted by atomic mass is 32.2. The molecule has 2 aromatic heterocycles. The number of hydrogen-bond donors (Lipinski definition) is 1. The second kappa shape index (κ2) is 9.36. The van der Waals surface area contributed by atoms with Gasteiger partial charge in [-0.1, -0.05) is 18.2 Å². The first kappa shape index (κ1) is 20.5. The number of amides is 1. The lowest BCUT2D eigenvalue weighted by molar-refractivity contribution is -0.116. The van der Waals surface area contributed by atoms with Crippen LogP contribution in [0.25, 0.3) is 5.65 Å². The number of fused-ring (bicyclic) bond motifs is 1. The number of carbonyl (C=O) groups is 1. The molecule has 1 aliphatic rings. The number of nitrogens with one attached hydrogen (secondary N) is 1. The van der Waals surface area contributed by atoms with Crippen molar-refractivity contribution in [2.45, 2.75) is 36.8 Å². The molecule has 3 aromatic rings. The first-order valence-electron chi connectivity index (χ1n) is 9.98. The van der Waals surface area contributed by atoms with Crippen molar-refractivity contribution in [3.05, 3.63) is 64.7 Å². The molecule has 1 N–H and O–H groups in total. The molecule has 0 radical (unpaired) electrons. The van der Waals surface area contributed by atoms with Crippen molar-refractivity contribution in [3.8, 4) is 0 Å². The Kier molecular flexibility index (Phi) is 6.39. The first-order chi connectivity index (χ1) is 14.6. The highest BCUT2D eigenvalue weighted by Crippen LogP contribution is 2.19. The minimum Gasteiger partial charge on any atom is -0.381 e. The van der Waals surface area contributed by atoms with Crippen molar-refractivity contribution in [2.24, 2.45) is 0 Å². The largest absolute Gasteiger partial charge is 0.381 e. The van der Waals surface area contributed by atoms with Crippen LogP contribution in [0, 0.1) is 0 Å². The van der Waals surface area contributed by atoms with Crippen LogP contribution in [0.15, 0.2) is 53.5 Å². The zero-order chi connectivity index (χ0) is 20.9. The predicted octanol–water partition coefficient (Wildman–Crippen LogP) is 1.95. The Morgan fingerprint density at radius 2 is 2.03 bits per heavy atom. The average Bonchev–Trinajstić information content (AvgIpc) is 3.09. The van der Waals surface area contributed by atoms with E-state index >= 15 is 0 Å². The van der Waals surface area contributed by atoms with Crippen LogP contribution in [0.5, 0.6) is 0 Å². The van der Waals surface area contributed by atoms with Gasteiger partial charge < -0.3 is 10.1 Å². The fourth-order valence-electron chi connectivity index (χ4n) is 3.50. The molecule has 1 unspecified atom stereocenters. The summed E-state index contributed by atoms with van der Waals surface area (Å²) in [6.45, 7) is 1.53. The minimum absolute atomic E-state index is 0.127. The second-order valence-corrected chi connectivity index (χ2v) is 8.99. The lowest BCUT2D eigenvalue weighted by Crippen LogP contribution is -2.25. The van der Waals surface area contributed by atoms with E-state index in [9.17, 15) is 13.8 Å². The molecule has 1 atom stereocenters. The highest BCUT2D eigenvalue weighted by Gasteiger charge is 2.20. The molecule has 30 heavy (non-hydrogen) atoms. The molecule has 0 bridgehead atoms. The van der Waals surface area contributed by atoms with Gasteiger partial charge in [0.25, 0.3) is 0 Å². The summed E-state index contributed by atoms with van der Waals surface area (Å²) in [7, 11) is -0.959. The molecule has 3 heterocycles. The number of pyridine rings is 1. The van der Waals surface area contributed by atoms with Crippen molar-refractivity contribution in [1.82, 2.24) is 14.2 Å². The zero-order valence-electron chi connectivity index (χ0n) is 16.5. The molecule has 1 fully saturated rings. The van der Waals surface area contributed by atoms with Crippen LogP contribution >= 0.6 is 0 Å². The Balaban J connectivity index is 1.34. The highest BCUT2D eigenvalue weighted by molar-refractivity contribution is 7.84. The van der Waals surface area contributed by atoms with Crippen LogP contribution in [-0.2, 0) is 32.6 Å². The summed E-state index contributed by atoms with van der Waals surface area (Å²) in [4.78, 5) is 24.6. The van der Waals surface area contributed by atoms with Crippen molar-refractivity contribution in [2.75, 3.05) is 18.5 Å². The van der Waals surface area contributed by atoms with E-state index in [-0.39, 0.29) is 29.8 Å². The maximum Gasteiger partial charge on any atom is 0.350 e. The van der Waals surface area contributed by atoms with Crippen LogP contribution in [0.1, 0.15) is 24.8 Å². The summed E-state index contributed by atoms with van der Waals surface area (Å²) < 4.78 is 20.7. The normalized spacial score (nSPS) is 15.9. The van der Waals surface area contributed by atoms with Gasteiger partial charge in [0.2, 0.25) is 5.91 Å². The lowest BCUT2D eigenvalue weighted by atomic mass is 10.2. The van der Waals surface area contributed by atoms with E-state index in [1.54, 1.807) is 30.5 Å². The number of anilines is 1. The summed E-state index contributed by atoms with van der Waals surface area (Å²) in [5, 5.41) is 7.24. The van der Waals surface area contributed by atoms with Crippen molar-refractivity contribution < 1.29 is 13.7 Å². The summed E-state index contributed by atoms with van der Waals surface area (Å²) >= 11 is 0. The molecule has 8 nitrogen and oxygen atoms in total. The van der Waals surface area contributed by atoms with Crippen molar-refractivity contribution >= 4 is 28.0 Å². The monoisotopic (exact) mass is 428 g/mol. The van der Waals surface area contributed by atoms with E-state index in [1.807, 2.05) is 18.2 Å². The third-order valence-electron chi connectivity index (χ3n) is 5.10. The van der Waals surface area contributed by atoms with Gasteiger partial charge in [0.15, 0.2) is 5.65 Å². The van der Waals surface area contributed by atoms with Gasteiger partial charge in [0, 0.05) is 53.3 Å². The van der Waals surface area contributed by atoms with Gasteiger partial charge in [0.1, 0.15) is 0 Å². The smallest absolute Gasteiger partial charge is 0.350 e. The first-order valence-corrected chi connectivity index (χ1v) is 11.4. The number of hydrogen-bond acceptors (Lipinski definition) is 5. The number of aromatic nitrogens is 3. The number of benzene rings is 1. The number of ether oxygens (including phenoxy) is 1. The van der Waals surface area contributed by atoms with Crippen LogP contribution in [-0.4, -0.2) is 42.8 Å². The molecule has 0 saturated carbocycles. The van der Waals surface area contributed by atoms with Gasteiger partial charge in [-0.3, -0.25) is 13.4 Å². The molecular weight excluding hydrogens is 404 g/mol. The Morgan fingerprint density at radius 1 is 1.20 bits per heavy atom. The quantitative estimate of drug-likeness (QED) is 0.621. The molecule has 158 valence electrons. The van der Waals surface area contributed by atoms with Crippen molar-refractivity contribution in [1.29, 1.82) is 0 Å². The van der Waals surface area contributed by atoms with E-state index in [1.165, 1.54) is 9.08 Å². The summed E-state index contributed by atoms with van der Waals surface area (Å²) in [5.74, 6) is 0.257. The fourth-order valence-corrected chi connectivity index (χ4v) is 4.97. The van der Waals surface area contributed by atoms with Gasteiger partial charge in [0.05, 0.1) is 6.54 Å². The fraction of sp³-hybridized carbons (Fsp3) is 0.381. The molecule has 1 aromatic carbocycles. The number of nitrogens with zero attached hydrogens (tertiary/aromatic N) is 3. The number of aryl methyl sites for hydroxylation is 1. The van der Waals surface area contributed by atoms with Gasteiger partial charge in [-0.25, -0.2) is 9.48 Å². The zero-order valence-corrected chi connectivity index (χ0v) is 17.3. The third-order valence-corrected chi connectivity index (χ3v) is 6.93. The van der Waals surface area contributed by atoms with Gasteiger partial charge >= 0.3 is 5.69 Å². The molecule has 0 spiro atoms. The SMILES string of the molecule is O=C(CCn1nc2ccccn2c1=O)Nc1cccc(CS(=O)C2CCOCC2)c1. The maximum atomic E-state index is 12.6. The number of rotatable bonds is 7. The standard InChI is InChI=1S/C21H24N4O4S/c26-20(7-11-25-21(27)24-10-2-1-6-19(24)23-25)22-17-5-3-4-16(14-17)15-30(28)18-8-12-29-13-9-18/h1-6,10,14,18H,7-9,11-13,15H2,(H,22,26). The Labute approximate surface area is 176 Å². The predicted molar refractivity (Wildman–Crippen MR) is 115 cm³/mol. The van der Waals surface area contributed by atoms with E-state index < -0.39 is 10.8 Å². The summed E-state index contributed by atoms with van der Waals surface area (Å²) in [6, 6.07) is 12.7. The Bertz CT molecular complexity index is 1120. The van der Waals surface area contributed by atoms with Crippen LogP contribution in [0.2, 0.25) is 0 Å². The minimum atomic E-state index is -0.959. The van der Waals surface area contributed by atoms with E-state index in [0.29, 0.717) is 30.3 Å². The maximum absolute atomic E-state index is 12.6. The number of carbonyl (C=O) groups excluding carboxylic acids is 1. The van der Waals surface area contributed by atoms with Crippen molar-refractivity contribution in [3.63, 3.8) is 0 Å².